The Balaban J connectivity index is 1.58. The summed E-state index contributed by atoms with van der Waals surface area (Å²) in [6, 6.07) is 13.1. The zero-order chi connectivity index (χ0) is 17.8. The van der Waals surface area contributed by atoms with Gasteiger partial charge in [-0.25, -0.2) is 0 Å². The van der Waals surface area contributed by atoms with Crippen molar-refractivity contribution in [2.75, 3.05) is 6.61 Å². The Labute approximate surface area is 151 Å². The predicted octanol–water partition coefficient (Wildman–Crippen LogP) is 3.05. The van der Waals surface area contributed by atoms with Crippen molar-refractivity contribution in [2.45, 2.75) is 26.5 Å². The lowest BCUT2D eigenvalue weighted by Crippen LogP contribution is -2.25. The van der Waals surface area contributed by atoms with Crippen LogP contribution in [0, 0.1) is 13.8 Å². The third-order valence-electron chi connectivity index (χ3n) is 3.57. The second-order valence-electron chi connectivity index (χ2n) is 5.96. The second kappa shape index (κ2) is 7.63. The Bertz CT molecular complexity index is 828. The molecule has 0 aliphatic carbocycles. The van der Waals surface area contributed by atoms with E-state index >= 15 is 0 Å². The van der Waals surface area contributed by atoms with Crippen LogP contribution >= 0.6 is 11.6 Å². The number of rotatable bonds is 6. The Kier molecular flexibility index (Phi) is 5.31. The molecule has 1 unspecified atom stereocenters. The molecule has 6 nitrogen and oxygen atoms in total. The van der Waals surface area contributed by atoms with Gasteiger partial charge in [0.05, 0.1) is 6.54 Å². The third kappa shape index (κ3) is 4.78. The fourth-order valence-electron chi connectivity index (χ4n) is 2.48. The number of tetrazole rings is 1. The van der Waals surface area contributed by atoms with E-state index in [1.54, 1.807) is 12.1 Å². The number of hydrogen-bond donors (Lipinski definition) is 1. The maximum absolute atomic E-state index is 10.1. The molecule has 0 aliphatic heterocycles. The maximum atomic E-state index is 10.1. The van der Waals surface area contributed by atoms with Gasteiger partial charge >= 0.3 is 0 Å². The minimum absolute atomic E-state index is 0.153. The molecule has 1 aromatic heterocycles. The van der Waals surface area contributed by atoms with E-state index in [1.165, 1.54) is 4.80 Å². The van der Waals surface area contributed by atoms with Gasteiger partial charge in [0.1, 0.15) is 18.5 Å². The molecule has 130 valence electrons. The van der Waals surface area contributed by atoms with Gasteiger partial charge in [0.15, 0.2) is 0 Å². The second-order valence-corrected chi connectivity index (χ2v) is 6.40. The molecule has 25 heavy (non-hydrogen) atoms. The van der Waals surface area contributed by atoms with Crippen LogP contribution in [0.25, 0.3) is 11.4 Å². The largest absolute Gasteiger partial charge is 0.491 e. The SMILES string of the molecule is Cc1cc(C)cc(OCC(O)Cn2nnc(-c3ccc(Cl)cc3)n2)c1. The van der Waals surface area contributed by atoms with Crippen molar-refractivity contribution >= 4 is 11.6 Å². The highest BCUT2D eigenvalue weighted by Crippen LogP contribution is 2.18. The lowest BCUT2D eigenvalue weighted by atomic mass is 10.1. The van der Waals surface area contributed by atoms with Crippen LogP contribution in [-0.2, 0) is 6.54 Å². The Morgan fingerprint density at radius 3 is 2.48 bits per heavy atom. The van der Waals surface area contributed by atoms with Gasteiger partial charge in [-0.15, -0.1) is 10.2 Å². The fraction of sp³-hybridized carbons (Fsp3) is 0.278. The van der Waals surface area contributed by atoms with E-state index in [4.69, 9.17) is 16.3 Å². The first-order valence-corrected chi connectivity index (χ1v) is 8.30. The van der Waals surface area contributed by atoms with Crippen LogP contribution in [-0.4, -0.2) is 38.0 Å². The number of nitrogens with zero attached hydrogens (tertiary/aromatic N) is 4. The molecule has 3 rings (SSSR count). The zero-order valence-electron chi connectivity index (χ0n) is 14.1. The molecule has 0 bridgehead atoms. The van der Waals surface area contributed by atoms with Crippen molar-refractivity contribution < 1.29 is 9.84 Å². The summed E-state index contributed by atoms with van der Waals surface area (Å²) >= 11 is 5.87. The van der Waals surface area contributed by atoms with E-state index in [2.05, 4.69) is 21.5 Å². The van der Waals surface area contributed by atoms with E-state index in [9.17, 15) is 5.11 Å². The van der Waals surface area contributed by atoms with Crippen molar-refractivity contribution in [3.8, 4) is 17.1 Å². The minimum Gasteiger partial charge on any atom is -0.491 e. The number of aliphatic hydroxyl groups is 1. The lowest BCUT2D eigenvalue weighted by Gasteiger charge is -2.12. The van der Waals surface area contributed by atoms with Gasteiger partial charge in [-0.05, 0) is 66.6 Å². The molecule has 2 aromatic carbocycles. The summed E-state index contributed by atoms with van der Waals surface area (Å²) in [6.45, 7) is 4.37. The molecular weight excluding hydrogens is 340 g/mol. The monoisotopic (exact) mass is 358 g/mol. The topological polar surface area (TPSA) is 73.1 Å². The number of hydrogen-bond acceptors (Lipinski definition) is 5. The smallest absolute Gasteiger partial charge is 0.204 e. The molecule has 0 fully saturated rings. The van der Waals surface area contributed by atoms with Crippen LogP contribution in [0.5, 0.6) is 5.75 Å². The number of ether oxygens (including phenoxy) is 1. The summed E-state index contributed by atoms with van der Waals surface area (Å²) in [5, 5.41) is 23.0. The van der Waals surface area contributed by atoms with Gasteiger partial charge in [0, 0.05) is 10.6 Å². The van der Waals surface area contributed by atoms with Crippen molar-refractivity contribution in [2.24, 2.45) is 0 Å². The molecule has 1 atom stereocenters. The summed E-state index contributed by atoms with van der Waals surface area (Å²) in [4.78, 5) is 1.36. The zero-order valence-corrected chi connectivity index (χ0v) is 14.8. The Morgan fingerprint density at radius 1 is 1.12 bits per heavy atom. The van der Waals surface area contributed by atoms with Gasteiger partial charge < -0.3 is 9.84 Å². The first-order chi connectivity index (χ1) is 12.0. The van der Waals surface area contributed by atoms with E-state index in [-0.39, 0.29) is 13.2 Å². The summed E-state index contributed by atoms with van der Waals surface area (Å²) in [7, 11) is 0. The summed E-state index contributed by atoms with van der Waals surface area (Å²) in [5.74, 6) is 1.23. The van der Waals surface area contributed by atoms with Gasteiger partial charge in [-0.1, -0.05) is 17.7 Å². The summed E-state index contributed by atoms with van der Waals surface area (Å²) in [6.07, 6.45) is -0.743. The van der Waals surface area contributed by atoms with E-state index < -0.39 is 6.10 Å². The maximum Gasteiger partial charge on any atom is 0.204 e. The molecule has 3 aromatic rings. The molecule has 0 amide bonds. The molecule has 1 heterocycles. The van der Waals surface area contributed by atoms with E-state index in [1.807, 2.05) is 38.1 Å². The minimum atomic E-state index is -0.743. The van der Waals surface area contributed by atoms with Crippen molar-refractivity contribution in [1.82, 2.24) is 20.2 Å². The van der Waals surface area contributed by atoms with Crippen molar-refractivity contribution in [3.05, 3.63) is 58.6 Å². The quantitative estimate of drug-likeness (QED) is 0.733. The molecule has 0 saturated carbocycles. The molecule has 1 N–H and O–H groups in total. The van der Waals surface area contributed by atoms with Crippen LogP contribution < -0.4 is 4.74 Å². The summed E-state index contributed by atoms with van der Waals surface area (Å²) in [5.41, 5.74) is 3.06. The van der Waals surface area contributed by atoms with Crippen LogP contribution in [0.4, 0.5) is 0 Å². The van der Waals surface area contributed by atoms with Gasteiger partial charge in [0.25, 0.3) is 0 Å². The van der Waals surface area contributed by atoms with Crippen LogP contribution in [0.3, 0.4) is 0 Å². The average Bonchev–Trinajstić information content (AvgIpc) is 3.01. The van der Waals surface area contributed by atoms with Crippen LogP contribution in [0.2, 0.25) is 5.02 Å². The normalized spacial score (nSPS) is 12.2. The van der Waals surface area contributed by atoms with Crippen molar-refractivity contribution in [3.63, 3.8) is 0 Å². The Hall–Kier alpha value is -2.44. The standard InChI is InChI=1S/C18H19ClN4O2/c1-12-7-13(2)9-17(8-12)25-11-16(24)10-23-21-18(20-22-23)14-3-5-15(19)6-4-14/h3-9,16,24H,10-11H2,1-2H3. The number of halogens is 1. The average molecular weight is 359 g/mol. The van der Waals surface area contributed by atoms with E-state index in [0.717, 1.165) is 22.4 Å². The molecule has 0 aliphatic rings. The van der Waals surface area contributed by atoms with Crippen LogP contribution in [0.1, 0.15) is 11.1 Å². The highest BCUT2D eigenvalue weighted by Gasteiger charge is 2.11. The van der Waals surface area contributed by atoms with Crippen molar-refractivity contribution in [1.29, 1.82) is 0 Å². The molecule has 0 saturated heterocycles. The molecule has 0 spiro atoms. The molecule has 0 radical (unpaired) electrons. The first-order valence-electron chi connectivity index (χ1n) is 7.92. The molecule has 7 heteroatoms. The van der Waals surface area contributed by atoms with Crippen LogP contribution in [0.15, 0.2) is 42.5 Å². The molecular formula is C18H19ClN4O2. The number of aliphatic hydroxyl groups excluding tert-OH is 1. The lowest BCUT2D eigenvalue weighted by molar-refractivity contribution is 0.0849. The number of aryl methyl sites for hydroxylation is 2. The van der Waals surface area contributed by atoms with Gasteiger partial charge in [-0.2, -0.15) is 4.80 Å². The fourth-order valence-corrected chi connectivity index (χ4v) is 2.61. The Morgan fingerprint density at radius 2 is 1.80 bits per heavy atom. The highest BCUT2D eigenvalue weighted by molar-refractivity contribution is 6.30. The summed E-state index contributed by atoms with van der Waals surface area (Å²) < 4.78 is 5.65. The van der Waals surface area contributed by atoms with Gasteiger partial charge in [-0.3, -0.25) is 0 Å². The predicted molar refractivity (Wildman–Crippen MR) is 95.7 cm³/mol. The van der Waals surface area contributed by atoms with E-state index in [0.29, 0.717) is 10.8 Å². The third-order valence-corrected chi connectivity index (χ3v) is 3.82. The number of aromatic nitrogens is 4. The van der Waals surface area contributed by atoms with Gasteiger partial charge in [0.2, 0.25) is 5.82 Å². The highest BCUT2D eigenvalue weighted by atomic mass is 35.5. The number of benzene rings is 2. The first kappa shape index (κ1) is 17.4.